The molecule has 2 rings (SSSR count). The van der Waals surface area contributed by atoms with Crippen LogP contribution in [-0.4, -0.2) is 30.7 Å². The first-order valence-corrected chi connectivity index (χ1v) is 8.60. The Labute approximate surface area is 137 Å². The van der Waals surface area contributed by atoms with Crippen LogP contribution >= 0.6 is 11.8 Å². The zero-order valence-electron chi connectivity index (χ0n) is 14.0. The van der Waals surface area contributed by atoms with Gasteiger partial charge in [-0.05, 0) is 30.9 Å². The Balaban J connectivity index is 2.07. The van der Waals surface area contributed by atoms with Gasteiger partial charge in [-0.1, -0.05) is 43.8 Å². The second-order valence-electron chi connectivity index (χ2n) is 6.55. The summed E-state index contributed by atoms with van der Waals surface area (Å²) < 4.78 is 0. The van der Waals surface area contributed by atoms with Crippen LogP contribution in [0.2, 0.25) is 0 Å². The number of para-hydroxylation sites is 1. The van der Waals surface area contributed by atoms with E-state index in [9.17, 15) is 4.79 Å². The number of anilines is 1. The molecule has 1 unspecified atom stereocenters. The highest BCUT2D eigenvalue weighted by atomic mass is 32.2. The van der Waals surface area contributed by atoms with Crippen LogP contribution in [-0.2, 0) is 10.5 Å². The number of carbonyl (C=O) groups is 1. The molecule has 1 aromatic rings. The largest absolute Gasteiger partial charge is 0.377 e. The minimum absolute atomic E-state index is 0.0181. The molecule has 4 nitrogen and oxygen atoms in total. The molecule has 1 amide bonds. The van der Waals surface area contributed by atoms with Crippen molar-refractivity contribution >= 4 is 28.5 Å². The van der Waals surface area contributed by atoms with E-state index in [2.05, 4.69) is 41.2 Å². The van der Waals surface area contributed by atoms with Gasteiger partial charge in [0, 0.05) is 25.5 Å². The number of hydrogen-bond acceptors (Lipinski definition) is 4. The summed E-state index contributed by atoms with van der Waals surface area (Å²) in [5.74, 6) is 1.26. The molecule has 1 atom stereocenters. The van der Waals surface area contributed by atoms with E-state index in [1.54, 1.807) is 11.8 Å². The minimum Gasteiger partial charge on any atom is -0.377 e. The molecule has 1 heterocycles. The zero-order chi connectivity index (χ0) is 16.3. The van der Waals surface area contributed by atoms with Gasteiger partial charge in [-0.2, -0.15) is 0 Å². The van der Waals surface area contributed by atoms with Crippen LogP contribution in [0.1, 0.15) is 32.8 Å². The summed E-state index contributed by atoms with van der Waals surface area (Å²) >= 11 is 1.59. The summed E-state index contributed by atoms with van der Waals surface area (Å²) in [7, 11) is 4.08. The minimum atomic E-state index is -0.614. The van der Waals surface area contributed by atoms with Crippen LogP contribution in [0.4, 0.5) is 5.69 Å². The first-order valence-electron chi connectivity index (χ1n) is 7.61. The quantitative estimate of drug-likeness (QED) is 0.906. The van der Waals surface area contributed by atoms with Gasteiger partial charge >= 0.3 is 0 Å². The molecule has 0 saturated carbocycles. The third kappa shape index (κ3) is 3.83. The van der Waals surface area contributed by atoms with Gasteiger partial charge in [-0.15, -0.1) is 0 Å². The van der Waals surface area contributed by atoms with Crippen LogP contribution in [0.15, 0.2) is 29.3 Å². The van der Waals surface area contributed by atoms with E-state index in [1.165, 1.54) is 11.3 Å². The number of benzene rings is 1. The highest BCUT2D eigenvalue weighted by Gasteiger charge is 2.39. The standard InChI is InChI=1S/C17H25N3OS/c1-12(2)10-17(3)15(21)18-16(19-17)22-11-13-8-6-7-9-14(13)20(4)5/h6-9,12H,10-11H2,1-5H3,(H,18,19,21). The average molecular weight is 319 g/mol. The summed E-state index contributed by atoms with van der Waals surface area (Å²) in [6.45, 7) is 6.16. The van der Waals surface area contributed by atoms with Gasteiger partial charge in [0.05, 0.1) is 0 Å². The van der Waals surface area contributed by atoms with Crippen molar-refractivity contribution in [1.29, 1.82) is 0 Å². The van der Waals surface area contributed by atoms with E-state index in [1.807, 2.05) is 33.2 Å². The maximum absolute atomic E-state index is 12.2. The molecule has 120 valence electrons. The van der Waals surface area contributed by atoms with E-state index >= 15 is 0 Å². The number of hydrogen-bond donors (Lipinski definition) is 1. The van der Waals surface area contributed by atoms with Gasteiger partial charge in [0.25, 0.3) is 5.91 Å². The number of aliphatic imine (C=N–C) groups is 1. The fourth-order valence-corrected chi connectivity index (χ4v) is 3.72. The van der Waals surface area contributed by atoms with Gasteiger partial charge in [0.2, 0.25) is 0 Å². The second kappa shape index (κ2) is 6.73. The van der Waals surface area contributed by atoms with Crippen molar-refractivity contribution in [2.24, 2.45) is 10.9 Å². The molecule has 1 N–H and O–H groups in total. The number of rotatable bonds is 5. The van der Waals surface area contributed by atoms with Crippen molar-refractivity contribution in [3.63, 3.8) is 0 Å². The zero-order valence-corrected chi connectivity index (χ0v) is 14.8. The molecule has 0 fully saturated rings. The fourth-order valence-electron chi connectivity index (χ4n) is 2.75. The van der Waals surface area contributed by atoms with E-state index < -0.39 is 5.54 Å². The van der Waals surface area contributed by atoms with Crippen molar-refractivity contribution in [2.75, 3.05) is 19.0 Å². The van der Waals surface area contributed by atoms with Gasteiger partial charge in [-0.3, -0.25) is 4.79 Å². The number of carbonyl (C=O) groups excluding carboxylic acids is 1. The molecular formula is C17H25N3OS. The first-order chi connectivity index (χ1) is 10.3. The summed E-state index contributed by atoms with van der Waals surface area (Å²) in [5.41, 5.74) is 1.83. The molecule has 1 aliphatic heterocycles. The van der Waals surface area contributed by atoms with Crippen LogP contribution in [0.25, 0.3) is 0 Å². The molecule has 5 heteroatoms. The van der Waals surface area contributed by atoms with Gasteiger partial charge in [0.15, 0.2) is 5.17 Å². The lowest BCUT2D eigenvalue weighted by molar-refractivity contribution is -0.123. The van der Waals surface area contributed by atoms with Crippen molar-refractivity contribution in [1.82, 2.24) is 5.32 Å². The van der Waals surface area contributed by atoms with E-state index in [-0.39, 0.29) is 5.91 Å². The molecule has 0 spiro atoms. The van der Waals surface area contributed by atoms with Crippen LogP contribution < -0.4 is 10.2 Å². The predicted octanol–water partition coefficient (Wildman–Crippen LogP) is 3.28. The maximum Gasteiger partial charge on any atom is 0.253 e. The molecule has 22 heavy (non-hydrogen) atoms. The third-order valence-corrected chi connectivity index (χ3v) is 4.62. The molecule has 0 radical (unpaired) electrons. The molecule has 1 aliphatic rings. The van der Waals surface area contributed by atoms with Crippen LogP contribution in [0.3, 0.4) is 0 Å². The molecule has 1 aromatic carbocycles. The Hall–Kier alpha value is -1.49. The van der Waals surface area contributed by atoms with E-state index in [0.717, 1.165) is 17.3 Å². The topological polar surface area (TPSA) is 44.7 Å². The second-order valence-corrected chi connectivity index (χ2v) is 7.52. The molecule has 0 saturated heterocycles. The lowest BCUT2D eigenvalue weighted by Gasteiger charge is -2.19. The van der Waals surface area contributed by atoms with E-state index in [0.29, 0.717) is 5.92 Å². The Morgan fingerprint density at radius 3 is 2.64 bits per heavy atom. The Morgan fingerprint density at radius 2 is 2.00 bits per heavy atom. The van der Waals surface area contributed by atoms with Crippen molar-refractivity contribution in [3.8, 4) is 0 Å². The number of nitrogens with one attached hydrogen (secondary N) is 1. The normalized spacial score (nSPS) is 21.0. The average Bonchev–Trinajstić information content (AvgIpc) is 2.70. The summed E-state index contributed by atoms with van der Waals surface area (Å²) in [6, 6.07) is 8.31. The number of thioether (sulfide) groups is 1. The number of nitrogens with zero attached hydrogens (tertiary/aromatic N) is 2. The van der Waals surface area contributed by atoms with Crippen LogP contribution in [0, 0.1) is 5.92 Å². The molecule has 0 aliphatic carbocycles. The lowest BCUT2D eigenvalue weighted by atomic mass is 9.91. The Bertz CT molecular complexity index is 583. The fraction of sp³-hybridized carbons (Fsp3) is 0.529. The highest BCUT2D eigenvalue weighted by molar-refractivity contribution is 8.13. The van der Waals surface area contributed by atoms with Gasteiger partial charge in [-0.25, -0.2) is 4.99 Å². The number of amides is 1. The molecular weight excluding hydrogens is 294 g/mol. The Kier molecular flexibility index (Phi) is 5.16. The smallest absolute Gasteiger partial charge is 0.253 e. The Morgan fingerprint density at radius 1 is 1.32 bits per heavy atom. The lowest BCUT2D eigenvalue weighted by Crippen LogP contribution is -2.37. The predicted molar refractivity (Wildman–Crippen MR) is 95.5 cm³/mol. The molecule has 0 bridgehead atoms. The van der Waals surface area contributed by atoms with Crippen molar-refractivity contribution < 1.29 is 4.79 Å². The first kappa shape index (κ1) is 16.9. The highest BCUT2D eigenvalue weighted by Crippen LogP contribution is 2.29. The van der Waals surface area contributed by atoms with E-state index in [4.69, 9.17) is 0 Å². The van der Waals surface area contributed by atoms with Crippen molar-refractivity contribution in [3.05, 3.63) is 29.8 Å². The van der Waals surface area contributed by atoms with Gasteiger partial charge < -0.3 is 10.2 Å². The SMILES string of the molecule is CC(C)CC1(C)N=C(SCc2ccccc2N(C)C)NC1=O. The van der Waals surface area contributed by atoms with Crippen LogP contribution in [0.5, 0.6) is 0 Å². The third-order valence-electron chi connectivity index (χ3n) is 3.70. The summed E-state index contributed by atoms with van der Waals surface area (Å²) in [6.07, 6.45) is 0.775. The summed E-state index contributed by atoms with van der Waals surface area (Å²) in [4.78, 5) is 18.9. The summed E-state index contributed by atoms with van der Waals surface area (Å²) in [5, 5.41) is 3.67. The monoisotopic (exact) mass is 319 g/mol. The number of amidine groups is 1. The van der Waals surface area contributed by atoms with Crippen molar-refractivity contribution in [2.45, 2.75) is 38.5 Å². The maximum atomic E-state index is 12.2. The molecule has 0 aromatic heterocycles. The van der Waals surface area contributed by atoms with Gasteiger partial charge in [0.1, 0.15) is 5.54 Å².